The first-order valence-electron chi connectivity index (χ1n) is 8.11. The minimum atomic E-state index is -0.201. The first-order chi connectivity index (χ1) is 9.52. The lowest BCUT2D eigenvalue weighted by Crippen LogP contribution is -2.44. The van der Waals surface area contributed by atoms with Gasteiger partial charge in [0.1, 0.15) is 0 Å². The van der Waals surface area contributed by atoms with Gasteiger partial charge in [0.05, 0.1) is 5.92 Å². The zero-order valence-corrected chi connectivity index (χ0v) is 14.8. The molecule has 21 heavy (non-hydrogen) atoms. The molecule has 1 unspecified atom stereocenters. The Morgan fingerprint density at radius 2 is 1.67 bits per heavy atom. The predicted octanol–water partition coefficient (Wildman–Crippen LogP) is 2.77. The van der Waals surface area contributed by atoms with Crippen LogP contribution in [0.15, 0.2) is 0 Å². The van der Waals surface area contributed by atoms with E-state index in [2.05, 4.69) is 27.7 Å². The number of amides is 2. The molecule has 2 amide bonds. The summed E-state index contributed by atoms with van der Waals surface area (Å²) in [5.74, 6) is 0.980. The monoisotopic (exact) mass is 296 g/mol. The highest BCUT2D eigenvalue weighted by Crippen LogP contribution is 2.27. The van der Waals surface area contributed by atoms with Crippen LogP contribution in [0.25, 0.3) is 0 Å². The summed E-state index contributed by atoms with van der Waals surface area (Å²) in [6.45, 7) is 16.7. The number of nitrogens with zero attached hydrogens (tertiary/aromatic N) is 2. The molecule has 0 saturated carbocycles. The summed E-state index contributed by atoms with van der Waals surface area (Å²) in [6, 6.07) is 0. The van der Waals surface area contributed by atoms with Crippen LogP contribution in [0.3, 0.4) is 0 Å². The van der Waals surface area contributed by atoms with Gasteiger partial charge in [0.25, 0.3) is 0 Å². The van der Waals surface area contributed by atoms with Gasteiger partial charge in [0.15, 0.2) is 0 Å². The van der Waals surface area contributed by atoms with Crippen molar-refractivity contribution in [3.8, 4) is 0 Å². The van der Waals surface area contributed by atoms with Gasteiger partial charge in [-0.15, -0.1) is 0 Å². The lowest BCUT2D eigenvalue weighted by atomic mass is 10.0. The van der Waals surface area contributed by atoms with Crippen LogP contribution in [-0.4, -0.2) is 46.8 Å². The maximum Gasteiger partial charge on any atom is 0.228 e. The largest absolute Gasteiger partial charge is 0.342 e. The van der Waals surface area contributed by atoms with Crippen molar-refractivity contribution in [2.24, 2.45) is 17.8 Å². The fourth-order valence-electron chi connectivity index (χ4n) is 2.92. The summed E-state index contributed by atoms with van der Waals surface area (Å²) in [6.07, 6.45) is 0.364. The molecule has 1 fully saturated rings. The maximum absolute atomic E-state index is 12.8. The van der Waals surface area contributed by atoms with Gasteiger partial charge in [-0.1, -0.05) is 27.7 Å². The van der Waals surface area contributed by atoms with E-state index < -0.39 is 0 Å². The first kappa shape index (κ1) is 18.0. The standard InChI is InChI=1S/C17H32N2O2/c1-12(2)9-18(10-13(3)4)16(21)14-8-15(20)19(11-14)17(5,6)7/h12-14H,8-11H2,1-7H3. The summed E-state index contributed by atoms with van der Waals surface area (Å²) in [4.78, 5) is 28.7. The van der Waals surface area contributed by atoms with Crippen molar-refractivity contribution < 1.29 is 9.59 Å². The summed E-state index contributed by atoms with van der Waals surface area (Å²) >= 11 is 0. The molecule has 1 rings (SSSR count). The highest BCUT2D eigenvalue weighted by atomic mass is 16.2. The molecule has 0 radical (unpaired) electrons. The van der Waals surface area contributed by atoms with Crippen LogP contribution in [0, 0.1) is 17.8 Å². The van der Waals surface area contributed by atoms with E-state index in [9.17, 15) is 9.59 Å². The fourth-order valence-corrected chi connectivity index (χ4v) is 2.92. The Hall–Kier alpha value is -1.06. The number of carbonyl (C=O) groups excluding carboxylic acids is 2. The number of carbonyl (C=O) groups is 2. The van der Waals surface area contributed by atoms with Gasteiger partial charge in [-0.05, 0) is 32.6 Å². The van der Waals surface area contributed by atoms with E-state index in [1.807, 2.05) is 30.6 Å². The molecule has 1 atom stereocenters. The smallest absolute Gasteiger partial charge is 0.228 e. The molecule has 0 aromatic rings. The fraction of sp³-hybridized carbons (Fsp3) is 0.882. The molecular weight excluding hydrogens is 264 g/mol. The summed E-state index contributed by atoms with van der Waals surface area (Å²) < 4.78 is 0. The highest BCUT2D eigenvalue weighted by Gasteiger charge is 2.40. The van der Waals surface area contributed by atoms with Gasteiger partial charge >= 0.3 is 0 Å². The van der Waals surface area contributed by atoms with Gasteiger partial charge in [-0.2, -0.15) is 0 Å². The Morgan fingerprint density at radius 3 is 2.00 bits per heavy atom. The zero-order chi connectivity index (χ0) is 16.4. The maximum atomic E-state index is 12.8. The molecule has 0 bridgehead atoms. The average Bonchev–Trinajstić information content (AvgIpc) is 2.68. The number of rotatable bonds is 5. The molecule has 0 spiro atoms. The van der Waals surface area contributed by atoms with Gasteiger partial charge in [0, 0.05) is 31.6 Å². The molecule has 0 aromatic heterocycles. The van der Waals surface area contributed by atoms with E-state index in [1.165, 1.54) is 0 Å². The van der Waals surface area contributed by atoms with Crippen molar-refractivity contribution in [2.75, 3.05) is 19.6 Å². The number of likely N-dealkylation sites (tertiary alicyclic amines) is 1. The Bertz CT molecular complexity index is 373. The zero-order valence-electron chi connectivity index (χ0n) is 14.8. The van der Waals surface area contributed by atoms with E-state index in [0.29, 0.717) is 24.8 Å². The predicted molar refractivity (Wildman–Crippen MR) is 85.8 cm³/mol. The Kier molecular flexibility index (Phi) is 5.83. The third-order valence-electron chi connectivity index (χ3n) is 3.77. The Balaban J connectivity index is 2.79. The lowest BCUT2D eigenvalue weighted by Gasteiger charge is -2.33. The second-order valence-corrected chi connectivity index (χ2v) is 8.11. The summed E-state index contributed by atoms with van der Waals surface area (Å²) in [5, 5.41) is 0. The van der Waals surface area contributed by atoms with E-state index in [4.69, 9.17) is 0 Å². The second-order valence-electron chi connectivity index (χ2n) is 8.11. The van der Waals surface area contributed by atoms with Crippen molar-refractivity contribution >= 4 is 11.8 Å². The Morgan fingerprint density at radius 1 is 1.19 bits per heavy atom. The molecule has 1 heterocycles. The summed E-state index contributed by atoms with van der Waals surface area (Å²) in [7, 11) is 0. The van der Waals surface area contributed by atoms with Gasteiger partial charge in [-0.3, -0.25) is 9.59 Å². The van der Waals surface area contributed by atoms with Crippen molar-refractivity contribution in [3.05, 3.63) is 0 Å². The third kappa shape index (κ3) is 5.01. The molecule has 0 aromatic carbocycles. The third-order valence-corrected chi connectivity index (χ3v) is 3.77. The molecule has 0 N–H and O–H groups in total. The highest BCUT2D eigenvalue weighted by molar-refractivity contribution is 5.89. The van der Waals surface area contributed by atoms with E-state index >= 15 is 0 Å². The van der Waals surface area contributed by atoms with Crippen LogP contribution in [0.1, 0.15) is 54.9 Å². The molecule has 4 heteroatoms. The quantitative estimate of drug-likeness (QED) is 0.782. The van der Waals surface area contributed by atoms with E-state index in [-0.39, 0.29) is 23.3 Å². The molecule has 1 aliphatic rings. The SMILES string of the molecule is CC(C)CN(CC(C)C)C(=O)C1CC(=O)N(C(C)(C)C)C1. The van der Waals surface area contributed by atoms with Crippen molar-refractivity contribution in [2.45, 2.75) is 60.4 Å². The lowest BCUT2D eigenvalue weighted by molar-refractivity contribution is -0.136. The number of hydrogen-bond donors (Lipinski definition) is 0. The van der Waals surface area contributed by atoms with Crippen LogP contribution in [0.2, 0.25) is 0 Å². The normalized spacial score (nSPS) is 19.8. The van der Waals surface area contributed by atoms with Crippen LogP contribution in [0.4, 0.5) is 0 Å². The molecule has 1 aliphatic heterocycles. The topological polar surface area (TPSA) is 40.6 Å². The van der Waals surface area contributed by atoms with Crippen molar-refractivity contribution in [3.63, 3.8) is 0 Å². The second kappa shape index (κ2) is 6.80. The van der Waals surface area contributed by atoms with Gasteiger partial charge in [0.2, 0.25) is 11.8 Å². The first-order valence-corrected chi connectivity index (χ1v) is 8.11. The minimum Gasteiger partial charge on any atom is -0.342 e. The minimum absolute atomic E-state index is 0.106. The van der Waals surface area contributed by atoms with Crippen LogP contribution >= 0.6 is 0 Å². The van der Waals surface area contributed by atoms with Gasteiger partial charge < -0.3 is 9.80 Å². The average molecular weight is 296 g/mol. The van der Waals surface area contributed by atoms with Crippen LogP contribution < -0.4 is 0 Å². The van der Waals surface area contributed by atoms with Crippen LogP contribution in [0.5, 0.6) is 0 Å². The number of hydrogen-bond acceptors (Lipinski definition) is 2. The van der Waals surface area contributed by atoms with Crippen molar-refractivity contribution in [1.29, 1.82) is 0 Å². The van der Waals surface area contributed by atoms with Crippen molar-refractivity contribution in [1.82, 2.24) is 9.80 Å². The van der Waals surface area contributed by atoms with Crippen LogP contribution in [-0.2, 0) is 9.59 Å². The van der Waals surface area contributed by atoms with E-state index in [0.717, 1.165) is 13.1 Å². The molecule has 122 valence electrons. The van der Waals surface area contributed by atoms with E-state index in [1.54, 1.807) is 0 Å². The summed E-state index contributed by atoms with van der Waals surface area (Å²) in [5.41, 5.74) is -0.201. The molecule has 0 aliphatic carbocycles. The van der Waals surface area contributed by atoms with Gasteiger partial charge in [-0.25, -0.2) is 0 Å². The molecule has 1 saturated heterocycles. The molecular formula is C17H32N2O2. The Labute approximate surface area is 129 Å². The molecule has 4 nitrogen and oxygen atoms in total.